The molecule has 3 unspecified atom stereocenters. The summed E-state index contributed by atoms with van der Waals surface area (Å²) >= 11 is 0. The van der Waals surface area contributed by atoms with Crippen molar-refractivity contribution in [3.05, 3.63) is 0 Å². The molecule has 16 heavy (non-hydrogen) atoms. The molecule has 0 nitrogen and oxygen atoms in total. The first-order valence-corrected chi connectivity index (χ1v) is 5.21. The maximum Gasteiger partial charge on any atom is 0.391 e. The lowest BCUT2D eigenvalue weighted by Gasteiger charge is -2.34. The minimum atomic E-state index is -4.36. The van der Waals surface area contributed by atoms with Crippen molar-refractivity contribution < 1.29 is 26.3 Å². The van der Waals surface area contributed by atoms with Crippen molar-refractivity contribution in [2.45, 2.75) is 45.0 Å². The third-order valence-electron chi connectivity index (χ3n) is 3.02. The molecule has 1 rings (SSSR count). The molecule has 3 atom stereocenters. The van der Waals surface area contributed by atoms with Gasteiger partial charge in [0.2, 0.25) is 0 Å². The van der Waals surface area contributed by atoms with Gasteiger partial charge >= 0.3 is 12.4 Å². The zero-order valence-electron chi connectivity index (χ0n) is 8.83. The average Bonchev–Trinajstić information content (AvgIpc) is 1.97. The Morgan fingerprint density at radius 3 is 1.94 bits per heavy atom. The Hall–Kier alpha value is -0.420. The van der Waals surface area contributed by atoms with E-state index in [1.54, 1.807) is 6.92 Å². The summed E-state index contributed by atoms with van der Waals surface area (Å²) < 4.78 is 73.6. The summed E-state index contributed by atoms with van der Waals surface area (Å²) in [6.45, 7) is 1.58. The zero-order chi connectivity index (χ0) is 12.6. The van der Waals surface area contributed by atoms with Crippen molar-refractivity contribution in [2.24, 2.45) is 17.8 Å². The van der Waals surface area contributed by atoms with Crippen molar-refractivity contribution in [1.29, 1.82) is 0 Å². The van der Waals surface area contributed by atoms with Crippen molar-refractivity contribution in [1.82, 2.24) is 0 Å². The van der Waals surface area contributed by atoms with Crippen LogP contribution in [0.15, 0.2) is 0 Å². The lowest BCUT2D eigenvalue weighted by molar-refractivity contribution is -0.198. The van der Waals surface area contributed by atoms with Crippen LogP contribution in [0.3, 0.4) is 0 Å². The molecule has 0 amide bonds. The molecule has 0 aliphatic heterocycles. The van der Waals surface area contributed by atoms with Gasteiger partial charge in [-0.2, -0.15) is 26.3 Å². The first-order valence-electron chi connectivity index (χ1n) is 5.21. The summed E-state index contributed by atoms with van der Waals surface area (Å²) in [7, 11) is 0. The van der Waals surface area contributed by atoms with Gasteiger partial charge in [0.15, 0.2) is 0 Å². The van der Waals surface area contributed by atoms with Crippen molar-refractivity contribution in [3.8, 4) is 0 Å². The van der Waals surface area contributed by atoms with E-state index in [9.17, 15) is 26.3 Å². The first-order chi connectivity index (χ1) is 7.08. The van der Waals surface area contributed by atoms with Crippen LogP contribution in [-0.2, 0) is 0 Å². The molecule has 0 saturated heterocycles. The van der Waals surface area contributed by atoms with E-state index in [2.05, 4.69) is 0 Å². The number of alkyl halides is 6. The fourth-order valence-electron chi connectivity index (χ4n) is 2.51. The van der Waals surface area contributed by atoms with Gasteiger partial charge in [0.25, 0.3) is 0 Å². The summed E-state index contributed by atoms with van der Waals surface area (Å²) in [5.41, 5.74) is 0. The van der Waals surface area contributed by atoms with Gasteiger partial charge < -0.3 is 0 Å². The van der Waals surface area contributed by atoms with Crippen LogP contribution in [0.2, 0.25) is 0 Å². The highest BCUT2D eigenvalue weighted by molar-refractivity contribution is 4.82. The second-order valence-electron chi connectivity index (χ2n) is 4.74. The maximum absolute atomic E-state index is 12.4. The smallest absolute Gasteiger partial charge is 0.171 e. The third kappa shape index (κ3) is 4.22. The Morgan fingerprint density at radius 2 is 1.50 bits per heavy atom. The topological polar surface area (TPSA) is 0 Å². The molecule has 96 valence electrons. The molecule has 0 radical (unpaired) electrons. The molecule has 0 heterocycles. The van der Waals surface area contributed by atoms with E-state index in [-0.39, 0.29) is 25.2 Å². The van der Waals surface area contributed by atoms with E-state index in [0.717, 1.165) is 0 Å². The van der Waals surface area contributed by atoms with Crippen LogP contribution in [0.5, 0.6) is 0 Å². The minimum Gasteiger partial charge on any atom is -0.171 e. The summed E-state index contributed by atoms with van der Waals surface area (Å²) in [4.78, 5) is 0. The average molecular weight is 248 g/mol. The first kappa shape index (κ1) is 13.6. The quantitative estimate of drug-likeness (QED) is 0.597. The molecule has 0 bridgehead atoms. The predicted octanol–water partition coefficient (Wildman–Crippen LogP) is 4.55. The highest BCUT2D eigenvalue weighted by atomic mass is 19.4. The molecule has 0 spiro atoms. The lowest BCUT2D eigenvalue weighted by Crippen LogP contribution is -2.33. The molecule has 6 heteroatoms. The fraction of sp³-hybridized carbons (Fsp3) is 1.00. The molecular weight excluding hydrogens is 234 g/mol. The fourth-order valence-corrected chi connectivity index (χ4v) is 2.51. The monoisotopic (exact) mass is 248 g/mol. The van der Waals surface area contributed by atoms with Crippen molar-refractivity contribution in [3.63, 3.8) is 0 Å². The highest BCUT2D eigenvalue weighted by Gasteiger charge is 2.46. The summed E-state index contributed by atoms with van der Waals surface area (Å²) in [5.74, 6) is -2.73. The van der Waals surface area contributed by atoms with E-state index >= 15 is 0 Å². The Balaban J connectivity index is 2.61. The standard InChI is InChI=1S/C10H14F6/c1-6-2-7(5-9(11,12)13)4-8(3-6)10(14,15)16/h6-8H,2-5H2,1H3. The van der Waals surface area contributed by atoms with Crippen LogP contribution in [-0.4, -0.2) is 12.4 Å². The second kappa shape index (κ2) is 4.45. The van der Waals surface area contributed by atoms with Crippen LogP contribution in [0.1, 0.15) is 32.6 Å². The SMILES string of the molecule is CC1CC(CC(F)(F)F)CC(C(F)(F)F)C1. The molecule has 1 fully saturated rings. The van der Waals surface area contributed by atoms with Gasteiger partial charge in [-0.25, -0.2) is 0 Å². The van der Waals surface area contributed by atoms with Gasteiger partial charge in [-0.1, -0.05) is 6.92 Å². The summed E-state index contributed by atoms with van der Waals surface area (Å²) in [5, 5.41) is 0. The van der Waals surface area contributed by atoms with Crippen LogP contribution in [0, 0.1) is 17.8 Å². The van der Waals surface area contributed by atoms with Gasteiger partial charge in [0.05, 0.1) is 5.92 Å². The lowest BCUT2D eigenvalue weighted by atomic mass is 9.74. The van der Waals surface area contributed by atoms with Crippen LogP contribution < -0.4 is 0 Å². The van der Waals surface area contributed by atoms with E-state index in [4.69, 9.17) is 0 Å². The maximum atomic E-state index is 12.4. The van der Waals surface area contributed by atoms with Gasteiger partial charge in [0, 0.05) is 6.42 Å². The Bertz CT molecular complexity index is 228. The molecular formula is C10H14F6. The van der Waals surface area contributed by atoms with Crippen LogP contribution in [0.4, 0.5) is 26.3 Å². The summed E-state index contributed by atoms with van der Waals surface area (Å²) in [6, 6.07) is 0. The highest BCUT2D eigenvalue weighted by Crippen LogP contribution is 2.45. The number of rotatable bonds is 1. The van der Waals surface area contributed by atoms with E-state index < -0.39 is 30.6 Å². The Labute approximate surface area is 90.0 Å². The molecule has 1 saturated carbocycles. The third-order valence-corrected chi connectivity index (χ3v) is 3.02. The number of hydrogen-bond acceptors (Lipinski definition) is 0. The molecule has 0 aromatic rings. The number of halogens is 6. The Kier molecular flexibility index (Phi) is 3.80. The van der Waals surface area contributed by atoms with Gasteiger partial charge in [-0.05, 0) is 31.1 Å². The molecule has 1 aliphatic rings. The van der Waals surface area contributed by atoms with E-state index in [1.165, 1.54) is 0 Å². The molecule has 0 N–H and O–H groups in total. The Morgan fingerprint density at radius 1 is 0.938 bits per heavy atom. The predicted molar refractivity (Wildman–Crippen MR) is 46.7 cm³/mol. The van der Waals surface area contributed by atoms with Crippen molar-refractivity contribution >= 4 is 0 Å². The van der Waals surface area contributed by atoms with E-state index in [0.29, 0.717) is 0 Å². The zero-order valence-corrected chi connectivity index (χ0v) is 8.83. The number of hydrogen-bond donors (Lipinski definition) is 0. The van der Waals surface area contributed by atoms with Gasteiger partial charge in [-0.15, -0.1) is 0 Å². The van der Waals surface area contributed by atoms with E-state index in [1.807, 2.05) is 0 Å². The van der Waals surface area contributed by atoms with Gasteiger partial charge in [0.1, 0.15) is 0 Å². The molecule has 1 aliphatic carbocycles. The van der Waals surface area contributed by atoms with Crippen LogP contribution in [0.25, 0.3) is 0 Å². The second-order valence-corrected chi connectivity index (χ2v) is 4.74. The molecule has 0 aromatic heterocycles. The largest absolute Gasteiger partial charge is 0.391 e. The molecule has 0 aromatic carbocycles. The normalized spacial score (nSPS) is 32.8. The van der Waals surface area contributed by atoms with Crippen LogP contribution >= 0.6 is 0 Å². The minimum absolute atomic E-state index is 0.0438. The summed E-state index contributed by atoms with van der Waals surface area (Å²) in [6.07, 6.45) is -10.0. The van der Waals surface area contributed by atoms with Crippen molar-refractivity contribution in [2.75, 3.05) is 0 Å². The van der Waals surface area contributed by atoms with Gasteiger partial charge in [-0.3, -0.25) is 0 Å².